The van der Waals surface area contributed by atoms with E-state index in [0.29, 0.717) is 11.6 Å². The van der Waals surface area contributed by atoms with Crippen LogP contribution in [0.2, 0.25) is 10.0 Å². The fourth-order valence-electron chi connectivity index (χ4n) is 2.54. The summed E-state index contributed by atoms with van der Waals surface area (Å²) in [5.74, 6) is -0.322. The van der Waals surface area contributed by atoms with Crippen LogP contribution in [0, 0.1) is 0 Å². The number of halogens is 2. The first kappa shape index (κ1) is 15.7. The van der Waals surface area contributed by atoms with Crippen LogP contribution in [-0.2, 0) is 6.54 Å². The maximum atomic E-state index is 12.4. The van der Waals surface area contributed by atoms with Crippen LogP contribution in [0.1, 0.15) is 15.9 Å². The van der Waals surface area contributed by atoms with Crippen LogP contribution in [0.3, 0.4) is 0 Å². The maximum Gasteiger partial charge on any atom is 0.255 e. The second kappa shape index (κ2) is 6.49. The van der Waals surface area contributed by atoms with Crippen LogP contribution in [0.4, 0.5) is 5.69 Å². The van der Waals surface area contributed by atoms with Crippen LogP contribution in [0.25, 0.3) is 10.8 Å². The van der Waals surface area contributed by atoms with Crippen molar-refractivity contribution in [1.29, 1.82) is 0 Å². The number of fused-ring (bicyclic) bond motifs is 1. The molecule has 0 radical (unpaired) electrons. The van der Waals surface area contributed by atoms with E-state index in [1.807, 2.05) is 42.5 Å². The molecule has 3 aromatic carbocycles. The molecule has 0 saturated heterocycles. The Morgan fingerprint density at radius 1 is 1.04 bits per heavy atom. The lowest BCUT2D eigenvalue weighted by molar-refractivity contribution is 0.0952. The van der Waals surface area contributed by atoms with Crippen molar-refractivity contribution in [3.8, 4) is 0 Å². The molecule has 23 heavy (non-hydrogen) atoms. The number of rotatable bonds is 3. The van der Waals surface area contributed by atoms with E-state index in [4.69, 9.17) is 28.9 Å². The van der Waals surface area contributed by atoms with E-state index in [9.17, 15) is 4.79 Å². The Balaban J connectivity index is 1.84. The molecule has 0 unspecified atom stereocenters. The van der Waals surface area contributed by atoms with E-state index in [2.05, 4.69) is 5.32 Å². The highest BCUT2D eigenvalue weighted by molar-refractivity contribution is 6.37. The van der Waals surface area contributed by atoms with Gasteiger partial charge in [-0.05, 0) is 28.5 Å². The third-order valence-electron chi connectivity index (χ3n) is 3.63. The van der Waals surface area contributed by atoms with Crippen LogP contribution in [-0.4, -0.2) is 5.91 Å². The van der Waals surface area contributed by atoms with Gasteiger partial charge in [-0.3, -0.25) is 4.79 Å². The highest BCUT2D eigenvalue weighted by atomic mass is 35.5. The molecule has 0 aliphatic heterocycles. The van der Waals surface area contributed by atoms with E-state index in [1.165, 1.54) is 12.1 Å². The molecule has 0 bridgehead atoms. The lowest BCUT2D eigenvalue weighted by Gasteiger charge is -2.11. The molecule has 0 aliphatic rings. The first-order chi connectivity index (χ1) is 11.1. The fraction of sp³-hybridized carbons (Fsp3) is 0.0556. The zero-order valence-corrected chi connectivity index (χ0v) is 13.7. The molecule has 0 saturated carbocycles. The number of nitrogens with one attached hydrogen (secondary N) is 1. The Morgan fingerprint density at radius 3 is 2.57 bits per heavy atom. The van der Waals surface area contributed by atoms with Crippen molar-refractivity contribution < 1.29 is 4.79 Å². The standard InChI is InChI=1S/C18H14Cl2N2O/c19-13-8-15(20)17(16(21)9-13)18(23)22-10-12-6-3-5-11-4-1-2-7-14(11)12/h1-9H,10,21H2,(H,22,23). The highest BCUT2D eigenvalue weighted by Gasteiger charge is 2.15. The first-order valence-electron chi connectivity index (χ1n) is 7.05. The van der Waals surface area contributed by atoms with E-state index in [1.54, 1.807) is 0 Å². The summed E-state index contributed by atoms with van der Waals surface area (Å²) < 4.78 is 0. The van der Waals surface area contributed by atoms with Crippen molar-refractivity contribution in [1.82, 2.24) is 5.32 Å². The van der Waals surface area contributed by atoms with Crippen molar-refractivity contribution >= 4 is 45.6 Å². The maximum absolute atomic E-state index is 12.4. The normalized spacial score (nSPS) is 10.7. The zero-order chi connectivity index (χ0) is 16.4. The zero-order valence-electron chi connectivity index (χ0n) is 12.1. The Hall–Kier alpha value is -2.23. The molecule has 3 nitrogen and oxygen atoms in total. The second-order valence-electron chi connectivity index (χ2n) is 5.17. The number of carbonyl (C=O) groups is 1. The topological polar surface area (TPSA) is 55.1 Å². The van der Waals surface area contributed by atoms with Gasteiger partial charge in [0.1, 0.15) is 0 Å². The van der Waals surface area contributed by atoms with Crippen LogP contribution in [0.15, 0.2) is 54.6 Å². The molecule has 0 aromatic heterocycles. The van der Waals surface area contributed by atoms with E-state index >= 15 is 0 Å². The average Bonchev–Trinajstić information content (AvgIpc) is 2.52. The minimum absolute atomic E-state index is 0.241. The van der Waals surface area contributed by atoms with Crippen molar-refractivity contribution in [3.63, 3.8) is 0 Å². The molecule has 5 heteroatoms. The van der Waals surface area contributed by atoms with Crippen LogP contribution in [0.5, 0.6) is 0 Å². The minimum atomic E-state index is -0.322. The van der Waals surface area contributed by atoms with Crippen LogP contribution >= 0.6 is 23.2 Å². The quantitative estimate of drug-likeness (QED) is 0.679. The molecule has 0 heterocycles. The van der Waals surface area contributed by atoms with Gasteiger partial charge in [0.05, 0.1) is 10.6 Å². The summed E-state index contributed by atoms with van der Waals surface area (Å²) in [6, 6.07) is 17.0. The number of amides is 1. The first-order valence-corrected chi connectivity index (χ1v) is 7.81. The van der Waals surface area contributed by atoms with Gasteiger partial charge >= 0.3 is 0 Å². The molecular weight excluding hydrogens is 331 g/mol. The lowest BCUT2D eigenvalue weighted by Crippen LogP contribution is -2.24. The van der Waals surface area contributed by atoms with Gasteiger partial charge in [0.15, 0.2) is 0 Å². The Labute approximate surface area is 144 Å². The van der Waals surface area contributed by atoms with Gasteiger partial charge in [0.25, 0.3) is 5.91 Å². The van der Waals surface area contributed by atoms with E-state index in [0.717, 1.165) is 16.3 Å². The number of hydrogen-bond donors (Lipinski definition) is 2. The van der Waals surface area contributed by atoms with E-state index in [-0.39, 0.29) is 22.2 Å². The second-order valence-corrected chi connectivity index (χ2v) is 6.02. The highest BCUT2D eigenvalue weighted by Crippen LogP contribution is 2.27. The molecule has 0 spiro atoms. The smallest absolute Gasteiger partial charge is 0.255 e. The molecule has 0 aliphatic carbocycles. The third-order valence-corrected chi connectivity index (χ3v) is 4.15. The van der Waals surface area contributed by atoms with Gasteiger partial charge in [-0.2, -0.15) is 0 Å². The van der Waals surface area contributed by atoms with Gasteiger partial charge in [-0.1, -0.05) is 65.7 Å². The largest absolute Gasteiger partial charge is 0.398 e. The fourth-order valence-corrected chi connectivity index (χ4v) is 3.14. The number of nitrogens with two attached hydrogens (primary N) is 1. The van der Waals surface area contributed by atoms with Crippen molar-refractivity contribution in [2.45, 2.75) is 6.54 Å². The Bertz CT molecular complexity index is 865. The predicted molar refractivity (Wildman–Crippen MR) is 96.0 cm³/mol. The molecule has 3 N–H and O–H groups in total. The Kier molecular flexibility index (Phi) is 4.42. The summed E-state index contributed by atoms with van der Waals surface area (Å²) in [6.45, 7) is 0.387. The summed E-state index contributed by atoms with van der Waals surface area (Å²) in [6.07, 6.45) is 0. The minimum Gasteiger partial charge on any atom is -0.398 e. The summed E-state index contributed by atoms with van der Waals surface area (Å²) >= 11 is 12.0. The molecule has 1 amide bonds. The van der Waals surface area contributed by atoms with E-state index < -0.39 is 0 Å². The molecule has 0 atom stereocenters. The number of nitrogen functional groups attached to an aromatic ring is 1. The molecule has 116 valence electrons. The molecule has 0 fully saturated rings. The van der Waals surface area contributed by atoms with Crippen molar-refractivity contribution in [2.24, 2.45) is 0 Å². The lowest BCUT2D eigenvalue weighted by atomic mass is 10.0. The monoisotopic (exact) mass is 344 g/mol. The molecule has 3 rings (SSSR count). The van der Waals surface area contributed by atoms with Crippen molar-refractivity contribution in [2.75, 3.05) is 5.73 Å². The summed E-state index contributed by atoms with van der Waals surface area (Å²) in [7, 11) is 0. The van der Waals surface area contributed by atoms with Gasteiger partial charge in [-0.15, -0.1) is 0 Å². The molecular formula is C18H14Cl2N2O. The predicted octanol–water partition coefficient (Wildman–Crippen LogP) is 4.66. The number of anilines is 1. The summed E-state index contributed by atoms with van der Waals surface area (Å²) in [5, 5.41) is 5.73. The Morgan fingerprint density at radius 2 is 1.78 bits per heavy atom. The van der Waals surface area contributed by atoms with Crippen molar-refractivity contribution in [3.05, 3.63) is 75.8 Å². The van der Waals surface area contributed by atoms with Gasteiger partial charge < -0.3 is 11.1 Å². The number of benzene rings is 3. The molecule has 3 aromatic rings. The SMILES string of the molecule is Nc1cc(Cl)cc(Cl)c1C(=O)NCc1cccc2ccccc12. The third kappa shape index (κ3) is 3.26. The number of carbonyl (C=O) groups excluding carboxylic acids is 1. The van der Waals surface area contributed by atoms with Crippen LogP contribution < -0.4 is 11.1 Å². The average molecular weight is 345 g/mol. The summed E-state index contributed by atoms with van der Waals surface area (Å²) in [5.41, 5.74) is 7.39. The number of hydrogen-bond acceptors (Lipinski definition) is 2. The van der Waals surface area contributed by atoms with Gasteiger partial charge in [-0.25, -0.2) is 0 Å². The summed E-state index contributed by atoms with van der Waals surface area (Å²) in [4.78, 5) is 12.4. The van der Waals surface area contributed by atoms with Gasteiger partial charge in [0, 0.05) is 17.3 Å². The van der Waals surface area contributed by atoms with Gasteiger partial charge in [0.2, 0.25) is 0 Å².